The minimum atomic E-state index is -0.154. The van der Waals surface area contributed by atoms with Crippen LogP contribution in [0.5, 0.6) is 0 Å². The van der Waals surface area contributed by atoms with E-state index in [1.54, 1.807) is 0 Å². The van der Waals surface area contributed by atoms with E-state index in [0.717, 1.165) is 11.5 Å². The second-order valence-corrected chi connectivity index (χ2v) is 4.23. The zero-order valence-corrected chi connectivity index (χ0v) is 8.33. The monoisotopic (exact) mass is 210 g/mol. The van der Waals surface area contributed by atoms with Crippen LogP contribution in [0.2, 0.25) is 0 Å². The summed E-state index contributed by atoms with van der Waals surface area (Å²) in [5.74, 6) is 0.807. The van der Waals surface area contributed by atoms with Gasteiger partial charge in [0.1, 0.15) is 5.44 Å². The molecule has 1 unspecified atom stereocenters. The van der Waals surface area contributed by atoms with Crippen molar-refractivity contribution in [3.05, 3.63) is 35.4 Å². The third-order valence-corrected chi connectivity index (χ3v) is 3.34. The van der Waals surface area contributed by atoms with E-state index in [0.29, 0.717) is 6.79 Å². The van der Waals surface area contributed by atoms with Gasteiger partial charge in [-0.3, -0.25) is 0 Å². The molecule has 0 bridgehead atoms. The SMILES string of the molecule is c1cc(C2OCS2)ccc1C1OCO1. The molecule has 2 aliphatic heterocycles. The Hall–Kier alpha value is -0.550. The molecule has 2 heterocycles. The van der Waals surface area contributed by atoms with Gasteiger partial charge in [-0.05, 0) is 5.56 Å². The van der Waals surface area contributed by atoms with Gasteiger partial charge >= 0.3 is 0 Å². The lowest BCUT2D eigenvalue weighted by molar-refractivity contribution is -0.326. The van der Waals surface area contributed by atoms with Crippen LogP contribution in [0.15, 0.2) is 24.3 Å². The molecule has 1 aromatic rings. The summed E-state index contributed by atoms with van der Waals surface area (Å²) in [4.78, 5) is 0. The minimum absolute atomic E-state index is 0.154. The van der Waals surface area contributed by atoms with Crippen LogP contribution >= 0.6 is 11.8 Å². The van der Waals surface area contributed by atoms with Crippen LogP contribution in [0.4, 0.5) is 0 Å². The van der Waals surface area contributed by atoms with Crippen LogP contribution in [0.25, 0.3) is 0 Å². The van der Waals surface area contributed by atoms with Crippen molar-refractivity contribution in [2.75, 3.05) is 12.7 Å². The molecule has 0 radical (unpaired) electrons. The summed E-state index contributed by atoms with van der Waals surface area (Å²) in [7, 11) is 0. The maximum Gasteiger partial charge on any atom is 0.189 e. The van der Waals surface area contributed by atoms with Gasteiger partial charge in [0.15, 0.2) is 13.1 Å². The first-order valence-corrected chi connectivity index (χ1v) is 5.54. The van der Waals surface area contributed by atoms with Gasteiger partial charge in [-0.25, -0.2) is 0 Å². The molecule has 0 aliphatic carbocycles. The Morgan fingerprint density at radius 3 is 2.07 bits per heavy atom. The third-order valence-electron chi connectivity index (χ3n) is 2.36. The summed E-state index contributed by atoms with van der Waals surface area (Å²) in [6, 6.07) is 8.19. The zero-order chi connectivity index (χ0) is 9.38. The lowest BCUT2D eigenvalue weighted by atomic mass is 10.1. The Kier molecular flexibility index (Phi) is 2.21. The summed E-state index contributed by atoms with van der Waals surface area (Å²) in [5, 5.41) is 0. The fourth-order valence-corrected chi connectivity index (χ4v) is 2.09. The van der Waals surface area contributed by atoms with E-state index in [-0.39, 0.29) is 11.7 Å². The summed E-state index contributed by atoms with van der Waals surface area (Å²) in [6.45, 7) is 0.411. The van der Waals surface area contributed by atoms with Crippen LogP contribution in [0.3, 0.4) is 0 Å². The van der Waals surface area contributed by atoms with Gasteiger partial charge in [-0.15, -0.1) is 0 Å². The van der Waals surface area contributed by atoms with Crippen molar-refractivity contribution < 1.29 is 14.2 Å². The van der Waals surface area contributed by atoms with E-state index >= 15 is 0 Å². The van der Waals surface area contributed by atoms with Gasteiger partial charge in [0.25, 0.3) is 0 Å². The average Bonchev–Trinajstić information content (AvgIpc) is 2.02. The number of rotatable bonds is 2. The third kappa shape index (κ3) is 1.44. The molecule has 14 heavy (non-hydrogen) atoms. The predicted molar refractivity (Wildman–Crippen MR) is 52.5 cm³/mol. The highest BCUT2D eigenvalue weighted by Crippen LogP contribution is 2.39. The van der Waals surface area contributed by atoms with Gasteiger partial charge < -0.3 is 14.2 Å². The van der Waals surface area contributed by atoms with E-state index in [4.69, 9.17) is 14.2 Å². The molecule has 1 atom stereocenters. The Balaban J connectivity index is 1.75. The minimum Gasteiger partial charge on any atom is -0.352 e. The molecule has 4 heteroatoms. The molecule has 74 valence electrons. The van der Waals surface area contributed by atoms with Crippen molar-refractivity contribution in [3.8, 4) is 0 Å². The first-order valence-electron chi connectivity index (χ1n) is 4.50. The van der Waals surface area contributed by atoms with Crippen molar-refractivity contribution in [3.63, 3.8) is 0 Å². The summed E-state index contributed by atoms with van der Waals surface area (Å²) in [6.07, 6.45) is -0.154. The first-order chi connectivity index (χ1) is 6.93. The van der Waals surface area contributed by atoms with E-state index < -0.39 is 0 Å². The van der Waals surface area contributed by atoms with Crippen LogP contribution in [0, 0.1) is 0 Å². The van der Waals surface area contributed by atoms with Crippen molar-refractivity contribution in [1.29, 1.82) is 0 Å². The molecule has 0 N–H and O–H groups in total. The Labute approximate surface area is 86.3 Å². The molecular formula is C10H10O3S. The highest BCUT2D eigenvalue weighted by atomic mass is 32.2. The predicted octanol–water partition coefficient (Wildman–Crippen LogP) is 2.41. The molecule has 3 rings (SSSR count). The fraction of sp³-hybridized carbons (Fsp3) is 0.400. The van der Waals surface area contributed by atoms with E-state index in [2.05, 4.69) is 12.1 Å². The van der Waals surface area contributed by atoms with Crippen LogP contribution in [-0.4, -0.2) is 12.7 Å². The number of thioether (sulfide) groups is 1. The van der Waals surface area contributed by atoms with Crippen molar-refractivity contribution in [2.24, 2.45) is 0 Å². The zero-order valence-electron chi connectivity index (χ0n) is 7.51. The average molecular weight is 210 g/mol. The summed E-state index contributed by atoms with van der Waals surface area (Å²) >= 11 is 1.81. The molecule has 0 aromatic heterocycles. The molecule has 2 fully saturated rings. The van der Waals surface area contributed by atoms with Crippen LogP contribution in [0.1, 0.15) is 22.9 Å². The van der Waals surface area contributed by atoms with Gasteiger partial charge in [-0.1, -0.05) is 36.0 Å². The lowest BCUT2D eigenvalue weighted by Crippen LogP contribution is -2.22. The highest BCUT2D eigenvalue weighted by molar-refractivity contribution is 8.00. The highest BCUT2D eigenvalue weighted by Gasteiger charge is 2.23. The van der Waals surface area contributed by atoms with Gasteiger partial charge in [-0.2, -0.15) is 0 Å². The standard InChI is InChI=1S/C10H10O3S/c1-3-8(10-13-6-14-10)4-2-7(1)9-11-5-12-9/h1-4,9-10H,5-6H2. The largest absolute Gasteiger partial charge is 0.352 e. The van der Waals surface area contributed by atoms with Gasteiger partial charge in [0.2, 0.25) is 0 Å². The second-order valence-electron chi connectivity index (χ2n) is 3.23. The summed E-state index contributed by atoms with van der Waals surface area (Å²) in [5.41, 5.74) is 2.51. The van der Waals surface area contributed by atoms with E-state index in [1.807, 2.05) is 23.9 Å². The van der Waals surface area contributed by atoms with Crippen molar-refractivity contribution >= 4 is 11.8 Å². The molecule has 2 aliphatic rings. The van der Waals surface area contributed by atoms with Crippen molar-refractivity contribution in [2.45, 2.75) is 11.7 Å². The Bertz CT molecular complexity index is 284. The van der Waals surface area contributed by atoms with E-state index in [9.17, 15) is 0 Å². The number of hydrogen-bond donors (Lipinski definition) is 0. The van der Waals surface area contributed by atoms with Crippen LogP contribution in [-0.2, 0) is 14.2 Å². The molecular weight excluding hydrogens is 200 g/mol. The number of hydrogen-bond acceptors (Lipinski definition) is 4. The van der Waals surface area contributed by atoms with E-state index in [1.165, 1.54) is 5.56 Å². The fourth-order valence-electron chi connectivity index (χ4n) is 1.47. The second kappa shape index (κ2) is 3.55. The Morgan fingerprint density at radius 1 is 1.00 bits per heavy atom. The molecule has 0 amide bonds. The smallest absolute Gasteiger partial charge is 0.189 e. The Morgan fingerprint density at radius 2 is 1.64 bits per heavy atom. The first kappa shape index (κ1) is 8.73. The topological polar surface area (TPSA) is 27.7 Å². The number of benzene rings is 1. The normalized spacial score (nSPS) is 26.7. The van der Waals surface area contributed by atoms with Crippen LogP contribution < -0.4 is 0 Å². The molecule has 0 spiro atoms. The summed E-state index contributed by atoms with van der Waals surface area (Å²) < 4.78 is 15.8. The van der Waals surface area contributed by atoms with Crippen molar-refractivity contribution in [1.82, 2.24) is 0 Å². The maximum absolute atomic E-state index is 5.36. The quantitative estimate of drug-likeness (QED) is 0.749. The van der Waals surface area contributed by atoms with Gasteiger partial charge in [0.05, 0.1) is 5.94 Å². The molecule has 0 saturated carbocycles. The lowest BCUT2D eigenvalue weighted by Gasteiger charge is -2.28. The molecule has 3 nitrogen and oxygen atoms in total. The number of ether oxygens (including phenoxy) is 3. The molecule has 2 saturated heterocycles. The maximum atomic E-state index is 5.36. The molecule has 1 aromatic carbocycles. The van der Waals surface area contributed by atoms with Gasteiger partial charge in [0, 0.05) is 5.56 Å².